The van der Waals surface area contributed by atoms with Crippen molar-refractivity contribution in [2.24, 2.45) is 0 Å². The highest BCUT2D eigenvalue weighted by molar-refractivity contribution is 5.98. The van der Waals surface area contributed by atoms with Gasteiger partial charge in [-0.1, -0.05) is 0 Å². The minimum atomic E-state index is -0.515. The van der Waals surface area contributed by atoms with Crippen LogP contribution in [-0.4, -0.2) is 11.8 Å². The van der Waals surface area contributed by atoms with Crippen LogP contribution in [0, 0.1) is 20.8 Å². The summed E-state index contributed by atoms with van der Waals surface area (Å²) in [5.74, 6) is 0.940. The Bertz CT molecular complexity index is 624. The topological polar surface area (TPSA) is 84.5 Å². The number of hydrazine groups is 1. The van der Waals surface area contributed by atoms with Crippen LogP contribution in [0.15, 0.2) is 27.0 Å². The number of hydrogen-bond acceptors (Lipinski definition) is 4. The second kappa shape index (κ2) is 5.01. The van der Waals surface area contributed by atoms with Gasteiger partial charge in [0, 0.05) is 0 Å². The van der Waals surface area contributed by atoms with E-state index >= 15 is 0 Å². The van der Waals surface area contributed by atoms with Gasteiger partial charge in [0.1, 0.15) is 17.3 Å². The van der Waals surface area contributed by atoms with E-state index in [-0.39, 0.29) is 5.76 Å². The van der Waals surface area contributed by atoms with Crippen LogP contribution in [0.5, 0.6) is 0 Å². The van der Waals surface area contributed by atoms with E-state index in [1.807, 2.05) is 0 Å². The molecule has 0 bridgehead atoms. The van der Waals surface area contributed by atoms with Gasteiger partial charge in [-0.05, 0) is 39.0 Å². The van der Waals surface area contributed by atoms with Crippen LogP contribution in [0.3, 0.4) is 0 Å². The summed E-state index contributed by atoms with van der Waals surface area (Å²) in [4.78, 5) is 23.4. The van der Waals surface area contributed by atoms with Crippen LogP contribution in [0.1, 0.15) is 38.2 Å². The quantitative estimate of drug-likeness (QED) is 0.809. The molecular weight excluding hydrogens is 248 g/mol. The number of aryl methyl sites for hydroxylation is 3. The first kappa shape index (κ1) is 12.9. The Morgan fingerprint density at radius 1 is 0.947 bits per heavy atom. The predicted octanol–water partition coefficient (Wildman–Crippen LogP) is 1.87. The first-order valence-electron chi connectivity index (χ1n) is 5.71. The second-order valence-corrected chi connectivity index (χ2v) is 4.15. The fraction of sp³-hybridized carbons (Fsp3) is 0.231. The molecule has 0 aliphatic heterocycles. The van der Waals surface area contributed by atoms with Gasteiger partial charge in [-0.15, -0.1) is 0 Å². The fourth-order valence-corrected chi connectivity index (χ4v) is 1.66. The fourth-order valence-electron chi connectivity index (χ4n) is 1.66. The molecule has 0 spiro atoms. The van der Waals surface area contributed by atoms with Crippen LogP contribution in [-0.2, 0) is 0 Å². The third kappa shape index (κ3) is 2.85. The number of hydrogen-bond donors (Lipinski definition) is 2. The van der Waals surface area contributed by atoms with E-state index < -0.39 is 11.8 Å². The van der Waals surface area contributed by atoms with E-state index in [9.17, 15) is 9.59 Å². The van der Waals surface area contributed by atoms with Gasteiger partial charge in [-0.2, -0.15) is 0 Å². The Kier molecular flexibility index (Phi) is 3.41. The van der Waals surface area contributed by atoms with Crippen molar-refractivity contribution in [1.29, 1.82) is 0 Å². The minimum absolute atomic E-state index is 0.137. The summed E-state index contributed by atoms with van der Waals surface area (Å²) in [6, 6.07) is 4.80. The lowest BCUT2D eigenvalue weighted by Gasteiger charge is -2.04. The molecule has 2 aromatic heterocycles. The summed E-state index contributed by atoms with van der Waals surface area (Å²) in [6.45, 7) is 5.15. The largest absolute Gasteiger partial charge is 0.466 e. The van der Waals surface area contributed by atoms with Crippen LogP contribution in [0.2, 0.25) is 0 Å². The minimum Gasteiger partial charge on any atom is -0.466 e. The van der Waals surface area contributed by atoms with Crippen molar-refractivity contribution in [2.45, 2.75) is 20.8 Å². The van der Waals surface area contributed by atoms with E-state index in [0.29, 0.717) is 22.8 Å². The molecule has 2 aromatic rings. The Hall–Kier alpha value is -2.50. The molecular formula is C13H14N2O4. The van der Waals surface area contributed by atoms with Gasteiger partial charge in [-0.25, -0.2) is 0 Å². The van der Waals surface area contributed by atoms with E-state index in [1.54, 1.807) is 32.9 Å². The van der Waals surface area contributed by atoms with Gasteiger partial charge in [0.25, 0.3) is 5.91 Å². The molecule has 0 radical (unpaired) electrons. The molecule has 19 heavy (non-hydrogen) atoms. The van der Waals surface area contributed by atoms with Crippen molar-refractivity contribution in [2.75, 3.05) is 0 Å². The zero-order valence-electron chi connectivity index (χ0n) is 10.9. The van der Waals surface area contributed by atoms with Crippen molar-refractivity contribution in [3.63, 3.8) is 0 Å². The zero-order valence-corrected chi connectivity index (χ0v) is 10.9. The number of furan rings is 2. The van der Waals surface area contributed by atoms with E-state index in [0.717, 1.165) is 0 Å². The normalized spacial score (nSPS) is 10.3. The van der Waals surface area contributed by atoms with Crippen LogP contribution in [0.25, 0.3) is 0 Å². The maximum absolute atomic E-state index is 11.8. The van der Waals surface area contributed by atoms with Crippen LogP contribution in [0.4, 0.5) is 0 Å². The summed E-state index contributed by atoms with van der Waals surface area (Å²) >= 11 is 0. The van der Waals surface area contributed by atoms with Gasteiger partial charge in [0.15, 0.2) is 5.76 Å². The Morgan fingerprint density at radius 3 is 2.16 bits per heavy atom. The number of rotatable bonds is 2. The van der Waals surface area contributed by atoms with Crippen molar-refractivity contribution >= 4 is 11.8 Å². The van der Waals surface area contributed by atoms with Gasteiger partial charge < -0.3 is 8.83 Å². The number of carbonyl (C=O) groups excluding carboxylic acids is 2. The smallest absolute Gasteiger partial charge is 0.305 e. The maximum Gasteiger partial charge on any atom is 0.305 e. The second-order valence-electron chi connectivity index (χ2n) is 4.15. The molecule has 2 rings (SSSR count). The molecule has 0 saturated heterocycles. The zero-order chi connectivity index (χ0) is 14.0. The summed E-state index contributed by atoms with van der Waals surface area (Å²) < 4.78 is 10.4. The molecule has 0 fully saturated rings. The van der Waals surface area contributed by atoms with E-state index in [1.165, 1.54) is 6.07 Å². The predicted molar refractivity (Wildman–Crippen MR) is 66.6 cm³/mol. The molecule has 0 aliphatic carbocycles. The molecule has 0 aliphatic rings. The molecule has 0 atom stereocenters. The van der Waals surface area contributed by atoms with Crippen LogP contribution >= 0.6 is 0 Å². The first-order valence-corrected chi connectivity index (χ1v) is 5.71. The molecule has 0 unspecified atom stereocenters. The van der Waals surface area contributed by atoms with E-state index in [4.69, 9.17) is 8.83 Å². The third-order valence-corrected chi connectivity index (χ3v) is 2.54. The summed E-state index contributed by atoms with van der Waals surface area (Å²) in [5.41, 5.74) is 4.96. The van der Waals surface area contributed by atoms with Crippen molar-refractivity contribution < 1.29 is 18.4 Å². The van der Waals surface area contributed by atoms with Crippen molar-refractivity contribution in [3.8, 4) is 0 Å². The third-order valence-electron chi connectivity index (χ3n) is 2.54. The monoisotopic (exact) mass is 262 g/mol. The van der Waals surface area contributed by atoms with Gasteiger partial charge >= 0.3 is 5.91 Å². The van der Waals surface area contributed by atoms with Crippen LogP contribution < -0.4 is 10.9 Å². The number of carbonyl (C=O) groups is 2. The van der Waals surface area contributed by atoms with Gasteiger partial charge in [-0.3, -0.25) is 20.4 Å². The highest BCUT2D eigenvalue weighted by Crippen LogP contribution is 2.13. The lowest BCUT2D eigenvalue weighted by Crippen LogP contribution is -2.41. The number of nitrogens with one attached hydrogen (secondary N) is 2. The highest BCUT2D eigenvalue weighted by Gasteiger charge is 2.15. The molecule has 6 heteroatoms. The molecule has 100 valence electrons. The van der Waals surface area contributed by atoms with Gasteiger partial charge in [0.2, 0.25) is 0 Å². The Labute approximate surface area is 109 Å². The van der Waals surface area contributed by atoms with Crippen molar-refractivity contribution in [1.82, 2.24) is 10.9 Å². The van der Waals surface area contributed by atoms with Crippen molar-refractivity contribution in [3.05, 3.63) is 46.8 Å². The molecule has 0 aromatic carbocycles. The average Bonchev–Trinajstić information content (AvgIpc) is 2.92. The summed E-state index contributed by atoms with van der Waals surface area (Å²) in [6.07, 6.45) is 0. The Morgan fingerprint density at radius 2 is 1.63 bits per heavy atom. The molecule has 2 N–H and O–H groups in total. The average molecular weight is 262 g/mol. The molecule has 2 heterocycles. The molecule has 2 amide bonds. The molecule has 0 saturated carbocycles. The van der Waals surface area contributed by atoms with E-state index in [2.05, 4.69) is 10.9 Å². The lowest BCUT2D eigenvalue weighted by atomic mass is 10.2. The maximum atomic E-state index is 11.8. The first-order chi connectivity index (χ1) is 8.97. The lowest BCUT2D eigenvalue weighted by molar-refractivity contribution is 0.0829. The molecule has 6 nitrogen and oxygen atoms in total. The standard InChI is InChI=1S/C13H14N2O4/c1-7-4-5-11(19-7)13(17)15-14-12(16)10-6-8(2)18-9(10)3/h4-6H,1-3H3,(H,14,16)(H,15,17). The van der Waals surface area contributed by atoms with Gasteiger partial charge in [0.05, 0.1) is 5.56 Å². The number of amides is 2. The summed E-state index contributed by atoms with van der Waals surface area (Å²) in [5, 5.41) is 0. The Balaban J connectivity index is 1.97. The highest BCUT2D eigenvalue weighted by atomic mass is 16.4. The summed E-state index contributed by atoms with van der Waals surface area (Å²) in [7, 11) is 0. The SMILES string of the molecule is Cc1ccc(C(=O)NNC(=O)c2cc(C)oc2C)o1.